The standard InChI is InChI=1S/C28H24N2O2/c1-21(17-22-7-3-2-4-8-22)19-29-30-28(31)25-13-11-23(12-14-25)20-32-27-16-15-24-9-5-6-10-26(24)18-27/h2-19H,20H2,1H3,(H,30,31)/b21-17+,29-19-. The third-order valence-corrected chi connectivity index (χ3v) is 4.97. The fraction of sp³-hybridized carbons (Fsp3) is 0.0714. The van der Waals surface area contributed by atoms with E-state index >= 15 is 0 Å². The highest BCUT2D eigenvalue weighted by Gasteiger charge is 2.05. The summed E-state index contributed by atoms with van der Waals surface area (Å²) in [5, 5.41) is 6.38. The molecule has 0 saturated carbocycles. The first kappa shape index (κ1) is 21.1. The topological polar surface area (TPSA) is 50.7 Å². The van der Waals surface area contributed by atoms with Gasteiger partial charge in [-0.2, -0.15) is 5.10 Å². The number of allylic oxidation sites excluding steroid dienone is 1. The van der Waals surface area contributed by atoms with Gasteiger partial charge in [-0.1, -0.05) is 78.9 Å². The van der Waals surface area contributed by atoms with Crippen LogP contribution in [0.25, 0.3) is 16.8 Å². The number of hydrogen-bond acceptors (Lipinski definition) is 3. The van der Waals surface area contributed by atoms with E-state index < -0.39 is 0 Å². The molecule has 0 saturated heterocycles. The molecule has 0 heterocycles. The fourth-order valence-electron chi connectivity index (χ4n) is 3.28. The summed E-state index contributed by atoms with van der Waals surface area (Å²) < 4.78 is 5.91. The van der Waals surface area contributed by atoms with Gasteiger partial charge < -0.3 is 4.74 Å². The van der Waals surface area contributed by atoms with Gasteiger partial charge >= 0.3 is 0 Å². The molecule has 4 aromatic carbocycles. The molecule has 0 bridgehead atoms. The highest BCUT2D eigenvalue weighted by Crippen LogP contribution is 2.21. The first-order valence-electron chi connectivity index (χ1n) is 10.4. The molecule has 0 atom stereocenters. The number of carbonyl (C=O) groups excluding carboxylic acids is 1. The summed E-state index contributed by atoms with van der Waals surface area (Å²) >= 11 is 0. The number of ether oxygens (including phenoxy) is 1. The van der Waals surface area contributed by atoms with Crippen molar-refractivity contribution in [3.05, 3.63) is 119 Å². The minimum atomic E-state index is -0.254. The monoisotopic (exact) mass is 420 g/mol. The van der Waals surface area contributed by atoms with E-state index in [9.17, 15) is 4.79 Å². The summed E-state index contributed by atoms with van der Waals surface area (Å²) in [7, 11) is 0. The number of fused-ring (bicyclic) bond motifs is 1. The average Bonchev–Trinajstić information content (AvgIpc) is 2.83. The molecule has 0 spiro atoms. The van der Waals surface area contributed by atoms with Gasteiger partial charge in [-0.25, -0.2) is 5.43 Å². The Kier molecular flexibility index (Phi) is 6.73. The van der Waals surface area contributed by atoms with E-state index in [2.05, 4.69) is 28.7 Å². The van der Waals surface area contributed by atoms with Crippen LogP contribution in [0, 0.1) is 0 Å². The molecule has 4 nitrogen and oxygen atoms in total. The highest BCUT2D eigenvalue weighted by atomic mass is 16.5. The Balaban J connectivity index is 1.30. The molecule has 4 rings (SSSR count). The Bertz CT molecular complexity index is 1260. The van der Waals surface area contributed by atoms with Crippen LogP contribution in [0.5, 0.6) is 5.75 Å². The van der Waals surface area contributed by atoms with Gasteiger partial charge in [-0.05, 0) is 58.7 Å². The second-order valence-corrected chi connectivity index (χ2v) is 7.49. The van der Waals surface area contributed by atoms with Crippen LogP contribution in [0.1, 0.15) is 28.4 Å². The van der Waals surface area contributed by atoms with Crippen molar-refractivity contribution >= 4 is 29.0 Å². The van der Waals surface area contributed by atoms with Crippen LogP contribution >= 0.6 is 0 Å². The predicted molar refractivity (Wildman–Crippen MR) is 131 cm³/mol. The summed E-state index contributed by atoms with van der Waals surface area (Å²) in [4.78, 5) is 12.3. The Morgan fingerprint density at radius 1 is 0.875 bits per heavy atom. The Labute approximate surface area is 187 Å². The van der Waals surface area contributed by atoms with Crippen molar-refractivity contribution in [1.29, 1.82) is 0 Å². The first-order valence-corrected chi connectivity index (χ1v) is 10.4. The zero-order valence-electron chi connectivity index (χ0n) is 17.9. The smallest absolute Gasteiger partial charge is 0.271 e. The zero-order chi connectivity index (χ0) is 22.2. The number of benzene rings is 4. The van der Waals surface area contributed by atoms with Gasteiger partial charge in [0.2, 0.25) is 0 Å². The number of hydrazone groups is 1. The molecule has 4 aromatic rings. The SMILES string of the molecule is CC(/C=N\NC(=O)c1ccc(COc2ccc3ccccc3c2)cc1)=C\c1ccccc1. The Morgan fingerprint density at radius 3 is 2.38 bits per heavy atom. The maximum Gasteiger partial charge on any atom is 0.271 e. The number of nitrogens with zero attached hydrogens (tertiary/aromatic N) is 1. The van der Waals surface area contributed by atoms with Crippen molar-refractivity contribution in [2.24, 2.45) is 5.10 Å². The van der Waals surface area contributed by atoms with E-state index in [-0.39, 0.29) is 5.91 Å². The number of nitrogens with one attached hydrogen (secondary N) is 1. The molecule has 0 aliphatic carbocycles. The number of rotatable bonds is 7. The second kappa shape index (κ2) is 10.2. The molecule has 158 valence electrons. The minimum absolute atomic E-state index is 0.254. The van der Waals surface area contributed by atoms with Crippen LogP contribution in [0.4, 0.5) is 0 Å². The van der Waals surface area contributed by atoms with Crippen LogP contribution in [0.2, 0.25) is 0 Å². The quantitative estimate of drug-likeness (QED) is 0.284. The van der Waals surface area contributed by atoms with Crippen LogP contribution < -0.4 is 10.2 Å². The second-order valence-electron chi connectivity index (χ2n) is 7.49. The molecule has 0 aliphatic heterocycles. The summed E-state index contributed by atoms with van der Waals surface area (Å²) in [5.41, 5.74) is 6.13. The van der Waals surface area contributed by atoms with Crippen molar-refractivity contribution < 1.29 is 9.53 Å². The molecule has 1 amide bonds. The van der Waals surface area contributed by atoms with Gasteiger partial charge in [0.15, 0.2) is 0 Å². The minimum Gasteiger partial charge on any atom is -0.489 e. The molecule has 4 heteroatoms. The molecule has 1 N–H and O–H groups in total. The van der Waals surface area contributed by atoms with Gasteiger partial charge in [-0.3, -0.25) is 4.79 Å². The van der Waals surface area contributed by atoms with Crippen LogP contribution in [-0.2, 0) is 6.61 Å². The lowest BCUT2D eigenvalue weighted by atomic mass is 10.1. The third-order valence-electron chi connectivity index (χ3n) is 4.97. The van der Waals surface area contributed by atoms with Crippen molar-refractivity contribution in [2.45, 2.75) is 13.5 Å². The van der Waals surface area contributed by atoms with E-state index in [0.29, 0.717) is 12.2 Å². The average molecular weight is 421 g/mol. The lowest BCUT2D eigenvalue weighted by Gasteiger charge is -2.08. The van der Waals surface area contributed by atoms with E-state index in [1.165, 1.54) is 5.39 Å². The largest absolute Gasteiger partial charge is 0.489 e. The van der Waals surface area contributed by atoms with Crippen LogP contribution in [0.15, 0.2) is 108 Å². The third kappa shape index (κ3) is 5.70. The molecule has 0 fully saturated rings. The Hall–Kier alpha value is -4.18. The van der Waals surface area contributed by atoms with Gasteiger partial charge in [0.25, 0.3) is 5.91 Å². The van der Waals surface area contributed by atoms with Crippen molar-refractivity contribution in [2.75, 3.05) is 0 Å². The lowest BCUT2D eigenvalue weighted by Crippen LogP contribution is -2.17. The number of amides is 1. The molecule has 0 unspecified atom stereocenters. The predicted octanol–water partition coefficient (Wildman–Crippen LogP) is 6.24. The summed E-state index contributed by atoms with van der Waals surface area (Å²) in [6, 6.07) is 31.5. The summed E-state index contributed by atoms with van der Waals surface area (Å²) in [5.74, 6) is 0.564. The lowest BCUT2D eigenvalue weighted by molar-refractivity contribution is 0.0955. The van der Waals surface area contributed by atoms with Crippen LogP contribution in [-0.4, -0.2) is 12.1 Å². The van der Waals surface area contributed by atoms with E-state index in [0.717, 1.165) is 27.8 Å². The maximum absolute atomic E-state index is 12.3. The fourth-order valence-corrected chi connectivity index (χ4v) is 3.28. The normalized spacial score (nSPS) is 11.6. The van der Waals surface area contributed by atoms with Crippen molar-refractivity contribution in [3.63, 3.8) is 0 Å². The van der Waals surface area contributed by atoms with E-state index in [1.807, 2.05) is 79.7 Å². The highest BCUT2D eigenvalue weighted by molar-refractivity contribution is 5.95. The molecular weight excluding hydrogens is 396 g/mol. The summed E-state index contributed by atoms with van der Waals surface area (Å²) in [6.45, 7) is 2.37. The molecular formula is C28H24N2O2. The maximum atomic E-state index is 12.3. The Morgan fingerprint density at radius 2 is 1.59 bits per heavy atom. The van der Waals surface area contributed by atoms with Crippen molar-refractivity contribution in [3.8, 4) is 5.75 Å². The van der Waals surface area contributed by atoms with E-state index in [4.69, 9.17) is 4.74 Å². The molecule has 0 aromatic heterocycles. The zero-order valence-corrected chi connectivity index (χ0v) is 17.9. The van der Waals surface area contributed by atoms with Gasteiger partial charge in [0, 0.05) is 5.56 Å². The number of carbonyl (C=O) groups is 1. The van der Waals surface area contributed by atoms with Crippen LogP contribution in [0.3, 0.4) is 0 Å². The summed E-state index contributed by atoms with van der Waals surface area (Å²) in [6.07, 6.45) is 3.64. The van der Waals surface area contributed by atoms with Crippen molar-refractivity contribution in [1.82, 2.24) is 5.43 Å². The van der Waals surface area contributed by atoms with E-state index in [1.54, 1.807) is 18.3 Å². The molecule has 32 heavy (non-hydrogen) atoms. The van der Waals surface area contributed by atoms with Gasteiger partial charge in [0.1, 0.15) is 12.4 Å². The number of hydrogen-bond donors (Lipinski definition) is 1. The first-order chi connectivity index (χ1) is 15.7. The van der Waals surface area contributed by atoms with Gasteiger partial charge in [-0.15, -0.1) is 0 Å². The molecule has 0 radical (unpaired) electrons. The van der Waals surface area contributed by atoms with Gasteiger partial charge in [0.05, 0.1) is 6.21 Å². The molecule has 0 aliphatic rings.